The Morgan fingerprint density at radius 1 is 1.12 bits per heavy atom. The average Bonchev–Trinajstić information content (AvgIpc) is 3.10. The number of anilines is 1. The maximum absolute atomic E-state index is 14.3. The maximum atomic E-state index is 14.3. The summed E-state index contributed by atoms with van der Waals surface area (Å²) in [5.74, 6) is -1.25. The van der Waals surface area contributed by atoms with E-state index in [1.54, 1.807) is 0 Å². The van der Waals surface area contributed by atoms with Crippen molar-refractivity contribution in [3.63, 3.8) is 0 Å². The predicted molar refractivity (Wildman–Crippen MR) is 108 cm³/mol. The van der Waals surface area contributed by atoms with E-state index >= 15 is 0 Å². The van der Waals surface area contributed by atoms with Crippen LogP contribution in [0, 0.1) is 0 Å². The quantitative estimate of drug-likeness (QED) is 0.326. The first-order valence-electron chi connectivity index (χ1n) is 10.4. The first kappa shape index (κ1) is 24.6. The monoisotopic (exact) mass is 470 g/mol. The van der Waals surface area contributed by atoms with E-state index in [0.717, 1.165) is 11.1 Å². The fraction of sp³-hybridized carbons (Fsp3) is 0.550. The van der Waals surface area contributed by atoms with Gasteiger partial charge in [0, 0.05) is 31.3 Å². The Bertz CT molecular complexity index is 965. The number of rotatable bonds is 9. The summed E-state index contributed by atoms with van der Waals surface area (Å²) in [6.45, 7) is -0.512. The third-order valence-electron chi connectivity index (χ3n) is 5.34. The first-order valence-corrected chi connectivity index (χ1v) is 10.4. The third-order valence-corrected chi connectivity index (χ3v) is 5.34. The second-order valence-corrected chi connectivity index (χ2v) is 7.65. The molecular weight excluding hydrogens is 446 g/mol. The van der Waals surface area contributed by atoms with E-state index in [1.807, 2.05) is 0 Å². The number of aliphatic hydroxyl groups excluding tert-OH is 2. The Labute approximate surface area is 186 Å². The van der Waals surface area contributed by atoms with Gasteiger partial charge >= 0.3 is 5.69 Å². The van der Waals surface area contributed by atoms with Crippen LogP contribution in [0.5, 0.6) is 0 Å². The molecule has 1 saturated heterocycles. The van der Waals surface area contributed by atoms with Crippen LogP contribution >= 0.6 is 0 Å². The molecule has 2 unspecified atom stereocenters. The summed E-state index contributed by atoms with van der Waals surface area (Å²) in [6.07, 6.45) is -4.62. The van der Waals surface area contributed by atoms with Crippen LogP contribution in [-0.4, -0.2) is 80.1 Å². The third kappa shape index (κ3) is 5.67. The highest BCUT2D eigenvalue weighted by Gasteiger charge is 2.47. The van der Waals surface area contributed by atoms with Crippen molar-refractivity contribution in [1.29, 1.82) is 0 Å². The van der Waals surface area contributed by atoms with Gasteiger partial charge in [0.15, 0.2) is 18.6 Å². The molecule has 1 aromatic heterocycles. The highest BCUT2D eigenvalue weighted by molar-refractivity contribution is 6.12. The van der Waals surface area contributed by atoms with Gasteiger partial charge in [-0.05, 0) is 18.9 Å². The molecule has 3 amide bonds. The van der Waals surface area contributed by atoms with Crippen molar-refractivity contribution in [2.24, 2.45) is 0 Å². The van der Waals surface area contributed by atoms with Gasteiger partial charge in [-0.15, -0.1) is 0 Å². The van der Waals surface area contributed by atoms with Crippen LogP contribution in [0.25, 0.3) is 0 Å². The van der Waals surface area contributed by atoms with Gasteiger partial charge in [0.25, 0.3) is 11.8 Å². The summed E-state index contributed by atoms with van der Waals surface area (Å²) in [5.41, 5.74) is -1.02. The lowest BCUT2D eigenvalue weighted by atomic mass is 10.0. The van der Waals surface area contributed by atoms with Crippen LogP contribution in [-0.2, 0) is 19.1 Å². The Kier molecular flexibility index (Phi) is 8.00. The summed E-state index contributed by atoms with van der Waals surface area (Å²) >= 11 is 0. The SMILES string of the molecule is O=C(CCCCCN1C(=O)C=CC1=O)Nc1ccn([C@@H]2O[C@H](CO)C(O)[C@H](F)C2F)c(=O)n1. The van der Waals surface area contributed by atoms with E-state index in [9.17, 15) is 33.1 Å². The number of unbranched alkanes of at least 4 members (excludes halogenated alkanes) is 2. The molecule has 0 bridgehead atoms. The molecule has 0 spiro atoms. The molecule has 5 atom stereocenters. The minimum Gasteiger partial charge on any atom is -0.394 e. The van der Waals surface area contributed by atoms with E-state index in [1.165, 1.54) is 18.2 Å². The van der Waals surface area contributed by atoms with Crippen molar-refractivity contribution in [3.8, 4) is 0 Å². The minimum absolute atomic E-state index is 0.0951. The molecule has 2 aliphatic rings. The van der Waals surface area contributed by atoms with Crippen molar-refractivity contribution in [3.05, 3.63) is 34.9 Å². The van der Waals surface area contributed by atoms with Crippen molar-refractivity contribution in [1.82, 2.24) is 14.5 Å². The smallest absolute Gasteiger partial charge is 0.351 e. The summed E-state index contributed by atoms with van der Waals surface area (Å²) in [6, 6.07) is 1.21. The van der Waals surface area contributed by atoms with E-state index in [-0.39, 0.29) is 30.6 Å². The normalized spacial score (nSPS) is 27.3. The fourth-order valence-electron chi connectivity index (χ4n) is 3.52. The van der Waals surface area contributed by atoms with Crippen LogP contribution in [0.15, 0.2) is 29.2 Å². The number of aliphatic hydroxyl groups is 2. The van der Waals surface area contributed by atoms with Gasteiger partial charge in [-0.3, -0.25) is 23.9 Å². The number of hydrogen-bond donors (Lipinski definition) is 3. The minimum atomic E-state index is -2.37. The van der Waals surface area contributed by atoms with E-state index in [2.05, 4.69) is 10.3 Å². The molecule has 0 aromatic carbocycles. The Morgan fingerprint density at radius 2 is 1.82 bits per heavy atom. The molecule has 13 heteroatoms. The lowest BCUT2D eigenvalue weighted by Crippen LogP contribution is -2.54. The molecule has 0 radical (unpaired) electrons. The summed E-state index contributed by atoms with van der Waals surface area (Å²) in [4.78, 5) is 52.0. The molecule has 3 N–H and O–H groups in total. The molecular formula is C20H24F2N4O7. The average molecular weight is 470 g/mol. The number of carbonyl (C=O) groups is 3. The maximum Gasteiger partial charge on any atom is 0.351 e. The Hall–Kier alpha value is -3.03. The van der Waals surface area contributed by atoms with Crippen LogP contribution in [0.3, 0.4) is 0 Å². The van der Waals surface area contributed by atoms with E-state index < -0.39 is 49.0 Å². The lowest BCUT2D eigenvalue weighted by Gasteiger charge is -2.38. The molecule has 0 saturated carbocycles. The van der Waals surface area contributed by atoms with Crippen LogP contribution in [0.4, 0.5) is 14.6 Å². The van der Waals surface area contributed by atoms with Crippen LogP contribution < -0.4 is 11.0 Å². The number of nitrogens with zero attached hydrogens (tertiary/aromatic N) is 3. The van der Waals surface area contributed by atoms with Gasteiger partial charge in [-0.1, -0.05) is 6.42 Å². The number of nitrogens with one attached hydrogen (secondary N) is 1. The molecule has 1 fully saturated rings. The molecule has 3 rings (SSSR count). The van der Waals surface area contributed by atoms with Crippen LogP contribution in [0.2, 0.25) is 0 Å². The molecule has 11 nitrogen and oxygen atoms in total. The van der Waals surface area contributed by atoms with Crippen molar-refractivity contribution in [2.75, 3.05) is 18.5 Å². The molecule has 0 aliphatic carbocycles. The molecule has 180 valence electrons. The number of alkyl halides is 2. The molecule has 1 aromatic rings. The number of hydrogen-bond acceptors (Lipinski definition) is 8. The number of carbonyl (C=O) groups excluding carboxylic acids is 3. The standard InChI is InChI=1S/C20H24F2N4O7/c21-16-17(22)19(33-11(10-27)18(16)31)26-9-7-12(24-20(26)32)23-13(28)4-2-1-3-8-25-14(29)5-6-15(25)30/h5-7,9,11,16-19,27,31H,1-4,8,10H2,(H,23,24,28,32)/t11-,16-,17?,18?,19-/m1/s1. The number of halogens is 2. The van der Waals surface area contributed by atoms with Gasteiger partial charge < -0.3 is 20.3 Å². The van der Waals surface area contributed by atoms with Gasteiger partial charge in [0.05, 0.1) is 6.61 Å². The highest BCUT2D eigenvalue weighted by atomic mass is 19.2. The molecule has 3 heterocycles. The number of imide groups is 1. The first-order chi connectivity index (χ1) is 15.7. The summed E-state index contributed by atoms with van der Waals surface area (Å²) < 4.78 is 34.1. The zero-order chi connectivity index (χ0) is 24.1. The van der Waals surface area contributed by atoms with Crippen molar-refractivity contribution >= 4 is 23.5 Å². The second-order valence-electron chi connectivity index (χ2n) is 7.65. The van der Waals surface area contributed by atoms with Gasteiger partial charge in [0.2, 0.25) is 5.91 Å². The number of ether oxygens (including phenoxy) is 1. The van der Waals surface area contributed by atoms with Gasteiger partial charge in [-0.2, -0.15) is 4.98 Å². The highest BCUT2D eigenvalue weighted by Crippen LogP contribution is 2.31. The summed E-state index contributed by atoms with van der Waals surface area (Å²) in [5, 5.41) is 21.2. The lowest BCUT2D eigenvalue weighted by molar-refractivity contribution is -0.220. The van der Waals surface area contributed by atoms with Crippen molar-refractivity contribution < 1.29 is 38.1 Å². The molecule has 33 heavy (non-hydrogen) atoms. The van der Waals surface area contributed by atoms with Gasteiger partial charge in [-0.25, -0.2) is 13.6 Å². The van der Waals surface area contributed by atoms with E-state index in [0.29, 0.717) is 23.8 Å². The number of amides is 3. The largest absolute Gasteiger partial charge is 0.394 e. The Balaban J connectivity index is 1.48. The van der Waals surface area contributed by atoms with Crippen molar-refractivity contribution in [2.45, 2.75) is 56.5 Å². The van der Waals surface area contributed by atoms with E-state index in [4.69, 9.17) is 9.84 Å². The predicted octanol–water partition coefficient (Wildman–Crippen LogP) is -0.406. The second kappa shape index (κ2) is 10.7. The molecule has 2 aliphatic heterocycles. The van der Waals surface area contributed by atoms with Gasteiger partial charge in [0.1, 0.15) is 18.0 Å². The topological polar surface area (TPSA) is 151 Å². The zero-order valence-corrected chi connectivity index (χ0v) is 17.5. The van der Waals surface area contributed by atoms with Crippen LogP contribution in [0.1, 0.15) is 31.9 Å². The fourth-order valence-corrected chi connectivity index (χ4v) is 3.52. The zero-order valence-electron chi connectivity index (χ0n) is 17.5. The summed E-state index contributed by atoms with van der Waals surface area (Å²) in [7, 11) is 0. The Morgan fingerprint density at radius 3 is 2.45 bits per heavy atom. The number of aromatic nitrogens is 2.